The summed E-state index contributed by atoms with van der Waals surface area (Å²) >= 11 is 0. The van der Waals surface area contributed by atoms with Crippen LogP contribution in [0.2, 0.25) is 0 Å². The number of hydrogen-bond acceptors (Lipinski definition) is 6. The van der Waals surface area contributed by atoms with E-state index in [1.54, 1.807) is 11.3 Å². The van der Waals surface area contributed by atoms with Crippen LogP contribution in [0.15, 0.2) is 15.3 Å². The van der Waals surface area contributed by atoms with E-state index in [9.17, 15) is 0 Å². The van der Waals surface area contributed by atoms with Crippen molar-refractivity contribution in [3.8, 4) is 0 Å². The SMILES string of the molecule is CC(C)ON=C(N)C(=NOC(C)C)N1CN=CN1. The summed E-state index contributed by atoms with van der Waals surface area (Å²) in [6, 6.07) is 0. The molecule has 1 rings (SSSR count). The van der Waals surface area contributed by atoms with E-state index in [0.29, 0.717) is 12.5 Å². The molecule has 0 aromatic carbocycles. The van der Waals surface area contributed by atoms with E-state index >= 15 is 0 Å². The second-order valence-corrected chi connectivity index (χ2v) is 4.21. The molecule has 0 aromatic heterocycles. The Hall–Kier alpha value is -1.99. The van der Waals surface area contributed by atoms with Gasteiger partial charge in [0.1, 0.15) is 25.2 Å². The van der Waals surface area contributed by atoms with Gasteiger partial charge in [-0.05, 0) is 27.7 Å². The Labute approximate surface area is 106 Å². The van der Waals surface area contributed by atoms with Crippen molar-refractivity contribution in [2.45, 2.75) is 39.9 Å². The second kappa shape index (κ2) is 6.67. The highest BCUT2D eigenvalue weighted by atomic mass is 16.6. The molecule has 0 spiro atoms. The lowest BCUT2D eigenvalue weighted by Gasteiger charge is -2.18. The first kappa shape index (κ1) is 14.1. The van der Waals surface area contributed by atoms with Gasteiger partial charge in [0.05, 0.1) is 0 Å². The lowest BCUT2D eigenvalue weighted by Crippen LogP contribution is -2.45. The third kappa shape index (κ3) is 4.48. The standard InChI is InChI=1S/C10H20N6O2/c1-7(2)17-14-9(11)10(15-18-8(3)4)16-6-12-5-13-16/h5,7-8H,6H2,1-4H3,(H2,11,14)(H,12,13). The molecule has 0 bridgehead atoms. The monoisotopic (exact) mass is 256 g/mol. The largest absolute Gasteiger partial charge is 0.391 e. The van der Waals surface area contributed by atoms with Gasteiger partial charge in [0, 0.05) is 0 Å². The Kier molecular flexibility index (Phi) is 5.22. The lowest BCUT2D eigenvalue weighted by molar-refractivity contribution is 0.0799. The van der Waals surface area contributed by atoms with Crippen molar-refractivity contribution in [2.75, 3.05) is 6.67 Å². The molecule has 1 aliphatic heterocycles. The Morgan fingerprint density at radius 1 is 1.28 bits per heavy atom. The number of hydrogen-bond donors (Lipinski definition) is 2. The normalized spacial score (nSPS) is 16.4. The molecule has 0 amide bonds. The van der Waals surface area contributed by atoms with Crippen LogP contribution in [0.4, 0.5) is 0 Å². The Morgan fingerprint density at radius 2 is 1.89 bits per heavy atom. The van der Waals surface area contributed by atoms with Crippen molar-refractivity contribution in [1.82, 2.24) is 10.4 Å². The summed E-state index contributed by atoms with van der Waals surface area (Å²) < 4.78 is 0. The molecule has 0 saturated carbocycles. The quantitative estimate of drug-likeness (QED) is 0.426. The molecule has 1 heterocycles. The summed E-state index contributed by atoms with van der Waals surface area (Å²) in [5.41, 5.74) is 8.67. The van der Waals surface area contributed by atoms with Gasteiger partial charge >= 0.3 is 0 Å². The van der Waals surface area contributed by atoms with Gasteiger partial charge in [0.2, 0.25) is 11.7 Å². The number of hydrazine groups is 1. The van der Waals surface area contributed by atoms with Gasteiger partial charge in [0.25, 0.3) is 0 Å². The minimum atomic E-state index is -0.0568. The maximum absolute atomic E-state index is 5.81. The van der Waals surface area contributed by atoms with E-state index < -0.39 is 0 Å². The molecule has 8 nitrogen and oxygen atoms in total. The Morgan fingerprint density at radius 3 is 2.39 bits per heavy atom. The van der Waals surface area contributed by atoms with Crippen LogP contribution in [0.3, 0.4) is 0 Å². The molecular formula is C10H20N6O2. The summed E-state index contributed by atoms with van der Waals surface area (Å²) in [7, 11) is 0. The maximum atomic E-state index is 5.81. The molecule has 0 aromatic rings. The molecule has 0 atom stereocenters. The van der Waals surface area contributed by atoms with Gasteiger partial charge < -0.3 is 15.4 Å². The fourth-order valence-electron chi connectivity index (χ4n) is 0.995. The highest BCUT2D eigenvalue weighted by Gasteiger charge is 2.19. The molecule has 0 unspecified atom stereocenters. The average molecular weight is 256 g/mol. The van der Waals surface area contributed by atoms with E-state index in [4.69, 9.17) is 15.4 Å². The zero-order valence-electron chi connectivity index (χ0n) is 11.1. The van der Waals surface area contributed by atoms with E-state index in [-0.39, 0.29) is 18.0 Å². The zero-order valence-corrected chi connectivity index (χ0v) is 11.1. The number of rotatable bonds is 4. The van der Waals surface area contributed by atoms with Gasteiger partial charge in [-0.1, -0.05) is 10.3 Å². The molecule has 0 saturated heterocycles. The highest BCUT2D eigenvalue weighted by Crippen LogP contribution is 1.98. The van der Waals surface area contributed by atoms with Crippen molar-refractivity contribution < 1.29 is 9.68 Å². The predicted molar refractivity (Wildman–Crippen MR) is 69.8 cm³/mol. The smallest absolute Gasteiger partial charge is 0.234 e. The Balaban J connectivity index is 2.76. The van der Waals surface area contributed by atoms with Crippen LogP contribution in [-0.4, -0.2) is 41.9 Å². The Bertz CT molecular complexity index is 342. The first-order valence-electron chi connectivity index (χ1n) is 5.76. The van der Waals surface area contributed by atoms with Crippen molar-refractivity contribution >= 4 is 18.0 Å². The first-order chi connectivity index (χ1) is 8.50. The molecule has 18 heavy (non-hydrogen) atoms. The number of nitrogens with zero attached hydrogens (tertiary/aromatic N) is 4. The van der Waals surface area contributed by atoms with Gasteiger partial charge in [-0.3, -0.25) is 10.4 Å². The van der Waals surface area contributed by atoms with Gasteiger partial charge in [0.15, 0.2) is 0 Å². The van der Waals surface area contributed by atoms with Gasteiger partial charge in [-0.15, -0.1) is 0 Å². The molecular weight excluding hydrogens is 236 g/mol. The summed E-state index contributed by atoms with van der Waals surface area (Å²) in [6.45, 7) is 7.84. The van der Waals surface area contributed by atoms with E-state index in [1.807, 2.05) is 27.7 Å². The summed E-state index contributed by atoms with van der Waals surface area (Å²) in [4.78, 5) is 14.3. The van der Waals surface area contributed by atoms with Crippen molar-refractivity contribution in [3.63, 3.8) is 0 Å². The molecule has 102 valence electrons. The molecule has 0 aliphatic carbocycles. The molecule has 3 N–H and O–H groups in total. The molecule has 1 aliphatic rings. The van der Waals surface area contributed by atoms with Gasteiger partial charge in [-0.2, -0.15) is 0 Å². The van der Waals surface area contributed by atoms with Crippen LogP contribution < -0.4 is 11.2 Å². The van der Waals surface area contributed by atoms with Crippen LogP contribution in [-0.2, 0) is 9.68 Å². The number of aliphatic imine (C=N–C) groups is 1. The number of nitrogens with two attached hydrogens (primary N) is 1. The third-order valence-electron chi connectivity index (χ3n) is 1.72. The average Bonchev–Trinajstić information content (AvgIpc) is 2.79. The summed E-state index contributed by atoms with van der Waals surface area (Å²) in [5.74, 6) is 0.462. The predicted octanol–water partition coefficient (Wildman–Crippen LogP) is 0.228. The highest BCUT2D eigenvalue weighted by molar-refractivity contribution is 6.39. The van der Waals surface area contributed by atoms with Crippen LogP contribution in [0, 0.1) is 0 Å². The van der Waals surface area contributed by atoms with E-state index in [0.717, 1.165) is 0 Å². The van der Waals surface area contributed by atoms with Crippen molar-refractivity contribution in [3.05, 3.63) is 0 Å². The summed E-state index contributed by atoms with van der Waals surface area (Å²) in [6.07, 6.45) is 1.43. The fourth-order valence-corrected chi connectivity index (χ4v) is 0.995. The fraction of sp³-hybridized carbons (Fsp3) is 0.700. The molecule has 0 fully saturated rings. The van der Waals surface area contributed by atoms with Crippen LogP contribution in [0.5, 0.6) is 0 Å². The van der Waals surface area contributed by atoms with E-state index in [1.165, 1.54) is 0 Å². The van der Waals surface area contributed by atoms with Crippen molar-refractivity contribution in [1.29, 1.82) is 0 Å². The maximum Gasteiger partial charge on any atom is 0.234 e. The minimum Gasteiger partial charge on any atom is -0.391 e. The number of nitrogens with one attached hydrogen (secondary N) is 1. The van der Waals surface area contributed by atoms with Crippen LogP contribution in [0.25, 0.3) is 0 Å². The number of oxime groups is 2. The zero-order chi connectivity index (χ0) is 13.5. The van der Waals surface area contributed by atoms with Crippen LogP contribution in [0.1, 0.15) is 27.7 Å². The third-order valence-corrected chi connectivity index (χ3v) is 1.72. The molecule has 8 heteroatoms. The topological polar surface area (TPSA) is 96.8 Å². The van der Waals surface area contributed by atoms with Crippen molar-refractivity contribution in [2.24, 2.45) is 21.0 Å². The second-order valence-electron chi connectivity index (χ2n) is 4.21. The summed E-state index contributed by atoms with van der Waals surface area (Å²) in [5, 5.41) is 9.34. The van der Waals surface area contributed by atoms with E-state index in [2.05, 4.69) is 20.7 Å². The minimum absolute atomic E-state index is 0.0534. The first-order valence-corrected chi connectivity index (χ1v) is 5.76. The van der Waals surface area contributed by atoms with Crippen LogP contribution >= 0.6 is 0 Å². The van der Waals surface area contributed by atoms with Gasteiger partial charge in [-0.25, -0.2) is 5.01 Å². The lowest BCUT2D eigenvalue weighted by atomic mass is 10.5. The molecule has 0 radical (unpaired) electrons. The number of amidine groups is 2.